The van der Waals surface area contributed by atoms with Gasteiger partial charge in [-0.15, -0.1) is 0 Å². The number of carbonyl (C=O) groups is 1. The molecule has 0 radical (unpaired) electrons. The van der Waals surface area contributed by atoms with Crippen molar-refractivity contribution in [3.8, 4) is 11.5 Å². The molecule has 27 heavy (non-hydrogen) atoms. The molecule has 0 aromatic heterocycles. The summed E-state index contributed by atoms with van der Waals surface area (Å²) in [7, 11) is -2.61. The Labute approximate surface area is 158 Å². The van der Waals surface area contributed by atoms with E-state index in [9.17, 15) is 13.2 Å². The minimum absolute atomic E-state index is 0.0368. The molecule has 3 rings (SSSR count). The molecule has 1 aliphatic rings. The predicted octanol–water partition coefficient (Wildman–Crippen LogP) is 2.59. The summed E-state index contributed by atoms with van der Waals surface area (Å²) in [5.74, 6) is 0.640. The molecule has 1 heterocycles. The van der Waals surface area contributed by atoms with Crippen LogP contribution in [0.3, 0.4) is 0 Å². The summed E-state index contributed by atoms with van der Waals surface area (Å²) in [5, 5.41) is 0. The van der Waals surface area contributed by atoms with E-state index in [4.69, 9.17) is 9.47 Å². The zero-order chi connectivity index (χ0) is 19.6. The lowest BCUT2D eigenvalue weighted by atomic mass is 10.1. The van der Waals surface area contributed by atoms with Crippen LogP contribution in [0.25, 0.3) is 0 Å². The maximum Gasteiger partial charge on any atom is 0.337 e. The second kappa shape index (κ2) is 7.58. The number of ether oxygens (including phenoxy) is 3. The Morgan fingerprint density at radius 1 is 1.11 bits per heavy atom. The van der Waals surface area contributed by atoms with E-state index in [-0.39, 0.29) is 10.5 Å². The monoisotopic (exact) mass is 391 g/mol. The number of aryl methyl sites for hydroxylation is 1. The van der Waals surface area contributed by atoms with Crippen molar-refractivity contribution in [2.45, 2.75) is 24.8 Å². The highest BCUT2D eigenvalue weighted by Crippen LogP contribution is 2.33. The number of sulfonamides is 1. The number of esters is 1. The molecule has 0 bridgehead atoms. The van der Waals surface area contributed by atoms with Crippen LogP contribution in [0.5, 0.6) is 11.5 Å². The Balaban J connectivity index is 1.87. The Morgan fingerprint density at radius 3 is 2.52 bits per heavy atom. The Hall–Kier alpha value is -2.58. The smallest absolute Gasteiger partial charge is 0.337 e. The Bertz CT molecular complexity index is 970. The average molecular weight is 391 g/mol. The molecule has 2 aromatic carbocycles. The van der Waals surface area contributed by atoms with Gasteiger partial charge in [-0.25, -0.2) is 17.9 Å². The van der Waals surface area contributed by atoms with Gasteiger partial charge in [0.25, 0.3) is 0 Å². The van der Waals surface area contributed by atoms with Gasteiger partial charge in [0, 0.05) is 6.04 Å². The highest BCUT2D eigenvalue weighted by molar-refractivity contribution is 7.89. The molecule has 0 saturated heterocycles. The number of rotatable bonds is 5. The third-order valence-corrected chi connectivity index (χ3v) is 5.98. The molecule has 7 nitrogen and oxygen atoms in total. The number of nitrogens with one attached hydrogen (secondary N) is 1. The van der Waals surface area contributed by atoms with Crippen LogP contribution >= 0.6 is 0 Å². The molecule has 0 aliphatic carbocycles. The van der Waals surface area contributed by atoms with Crippen molar-refractivity contribution in [1.82, 2.24) is 4.72 Å². The Morgan fingerprint density at radius 2 is 1.81 bits per heavy atom. The van der Waals surface area contributed by atoms with Gasteiger partial charge in [-0.1, -0.05) is 12.1 Å². The molecule has 0 spiro atoms. The van der Waals surface area contributed by atoms with Crippen molar-refractivity contribution < 1.29 is 27.4 Å². The molecule has 2 aromatic rings. The van der Waals surface area contributed by atoms with E-state index >= 15 is 0 Å². The van der Waals surface area contributed by atoms with Crippen molar-refractivity contribution in [3.63, 3.8) is 0 Å². The second-order valence-corrected chi connectivity index (χ2v) is 7.90. The van der Waals surface area contributed by atoms with Gasteiger partial charge in [0.1, 0.15) is 13.2 Å². The van der Waals surface area contributed by atoms with Crippen LogP contribution in [0.15, 0.2) is 41.3 Å². The van der Waals surface area contributed by atoms with Crippen LogP contribution in [0, 0.1) is 6.92 Å². The van der Waals surface area contributed by atoms with Gasteiger partial charge in [-0.05, 0) is 49.2 Å². The lowest BCUT2D eigenvalue weighted by Crippen LogP contribution is -2.28. The van der Waals surface area contributed by atoms with Crippen LogP contribution in [0.2, 0.25) is 0 Å². The quantitative estimate of drug-likeness (QED) is 0.788. The minimum Gasteiger partial charge on any atom is -0.486 e. The normalized spacial score (nSPS) is 14.5. The van der Waals surface area contributed by atoms with E-state index in [2.05, 4.69) is 9.46 Å². The highest BCUT2D eigenvalue weighted by atomic mass is 32.2. The Kier molecular flexibility index (Phi) is 5.38. The molecular formula is C19H21NO6S. The van der Waals surface area contributed by atoms with E-state index < -0.39 is 22.0 Å². The first kappa shape index (κ1) is 19.2. The summed E-state index contributed by atoms with van der Waals surface area (Å²) in [4.78, 5) is 11.8. The van der Waals surface area contributed by atoms with Crippen molar-refractivity contribution >= 4 is 16.0 Å². The van der Waals surface area contributed by atoms with E-state index in [1.54, 1.807) is 38.1 Å². The minimum atomic E-state index is -3.85. The van der Waals surface area contributed by atoms with E-state index in [1.807, 2.05) is 0 Å². The lowest BCUT2D eigenvalue weighted by molar-refractivity contribution is 0.0600. The number of fused-ring (bicyclic) bond motifs is 1. The van der Waals surface area contributed by atoms with Crippen LogP contribution in [-0.2, 0) is 14.8 Å². The van der Waals surface area contributed by atoms with Crippen molar-refractivity contribution in [1.29, 1.82) is 0 Å². The van der Waals surface area contributed by atoms with Crippen LogP contribution < -0.4 is 14.2 Å². The maximum absolute atomic E-state index is 12.9. The molecule has 1 N–H and O–H groups in total. The van der Waals surface area contributed by atoms with E-state index in [0.29, 0.717) is 30.3 Å². The number of benzene rings is 2. The van der Waals surface area contributed by atoms with Crippen molar-refractivity contribution in [2.24, 2.45) is 0 Å². The summed E-state index contributed by atoms with van der Waals surface area (Å²) >= 11 is 0. The van der Waals surface area contributed by atoms with Crippen LogP contribution in [-0.4, -0.2) is 34.7 Å². The largest absolute Gasteiger partial charge is 0.486 e. The lowest BCUT2D eigenvalue weighted by Gasteiger charge is -2.21. The highest BCUT2D eigenvalue weighted by Gasteiger charge is 2.23. The van der Waals surface area contributed by atoms with Gasteiger partial charge in [0.15, 0.2) is 11.5 Å². The third kappa shape index (κ3) is 4.06. The molecule has 144 valence electrons. The predicted molar refractivity (Wildman–Crippen MR) is 98.7 cm³/mol. The first-order valence-electron chi connectivity index (χ1n) is 8.42. The summed E-state index contributed by atoms with van der Waals surface area (Å²) in [6.07, 6.45) is 0. The molecule has 0 saturated carbocycles. The maximum atomic E-state index is 12.9. The van der Waals surface area contributed by atoms with E-state index in [0.717, 1.165) is 5.56 Å². The topological polar surface area (TPSA) is 90.9 Å². The standard InChI is InChI=1S/C19H21NO6S/c1-12-4-5-15(19(21)24-3)11-18(12)27(22,23)20-13(2)14-6-7-16-17(10-14)26-9-8-25-16/h4-7,10-11,13,20H,8-9H2,1-3H3/t13-/m0/s1. The summed E-state index contributed by atoms with van der Waals surface area (Å²) < 4.78 is 44.1. The van der Waals surface area contributed by atoms with Gasteiger partial charge in [-0.2, -0.15) is 0 Å². The van der Waals surface area contributed by atoms with Gasteiger partial charge in [0.05, 0.1) is 17.6 Å². The fourth-order valence-electron chi connectivity index (χ4n) is 2.83. The van der Waals surface area contributed by atoms with Crippen molar-refractivity contribution in [3.05, 3.63) is 53.1 Å². The zero-order valence-electron chi connectivity index (χ0n) is 15.3. The molecule has 1 atom stereocenters. The molecule has 0 fully saturated rings. The molecule has 1 aliphatic heterocycles. The van der Waals surface area contributed by atoms with E-state index in [1.165, 1.54) is 19.2 Å². The fraction of sp³-hybridized carbons (Fsp3) is 0.316. The van der Waals surface area contributed by atoms with Crippen molar-refractivity contribution in [2.75, 3.05) is 20.3 Å². The number of hydrogen-bond donors (Lipinski definition) is 1. The third-order valence-electron chi connectivity index (χ3n) is 4.30. The van der Waals surface area contributed by atoms with Gasteiger partial charge in [0.2, 0.25) is 10.0 Å². The van der Waals surface area contributed by atoms with Gasteiger partial charge in [-0.3, -0.25) is 0 Å². The molecule has 8 heteroatoms. The van der Waals surface area contributed by atoms with Crippen LogP contribution in [0.4, 0.5) is 0 Å². The van der Waals surface area contributed by atoms with Gasteiger partial charge < -0.3 is 14.2 Å². The number of methoxy groups -OCH3 is 1. The molecular weight excluding hydrogens is 370 g/mol. The van der Waals surface area contributed by atoms with Crippen LogP contribution in [0.1, 0.15) is 34.5 Å². The molecule has 0 unspecified atom stereocenters. The summed E-state index contributed by atoms with van der Waals surface area (Å²) in [5.41, 5.74) is 1.45. The zero-order valence-corrected chi connectivity index (χ0v) is 16.1. The first-order valence-corrected chi connectivity index (χ1v) is 9.91. The summed E-state index contributed by atoms with van der Waals surface area (Å²) in [6, 6.07) is 9.24. The van der Waals surface area contributed by atoms with Gasteiger partial charge >= 0.3 is 5.97 Å². The molecule has 0 amide bonds. The second-order valence-electron chi connectivity index (χ2n) is 6.22. The SMILES string of the molecule is COC(=O)c1ccc(C)c(S(=O)(=O)N[C@@H](C)c2ccc3c(c2)OCCO3)c1. The summed E-state index contributed by atoms with van der Waals surface area (Å²) in [6.45, 7) is 4.35. The number of carbonyl (C=O) groups excluding carboxylic acids is 1. The average Bonchev–Trinajstić information content (AvgIpc) is 2.66. The fourth-order valence-corrected chi connectivity index (χ4v) is 4.33. The number of hydrogen-bond acceptors (Lipinski definition) is 6. The first-order chi connectivity index (χ1) is 12.8.